The number of para-hydroxylation sites is 1. The predicted molar refractivity (Wildman–Crippen MR) is 71.1 cm³/mol. The van der Waals surface area contributed by atoms with E-state index in [-0.39, 0.29) is 12.2 Å². The van der Waals surface area contributed by atoms with Crippen LogP contribution in [0.2, 0.25) is 0 Å². The number of ether oxygens (including phenoxy) is 2. The fourth-order valence-corrected chi connectivity index (χ4v) is 2.17. The van der Waals surface area contributed by atoms with Gasteiger partial charge in [-0.15, -0.1) is 0 Å². The zero-order valence-electron chi connectivity index (χ0n) is 11.0. The summed E-state index contributed by atoms with van der Waals surface area (Å²) in [5.41, 5.74) is 0.334. The molecule has 0 saturated carbocycles. The molecule has 1 aliphatic rings. The van der Waals surface area contributed by atoms with E-state index in [1.807, 2.05) is 0 Å². The van der Waals surface area contributed by atoms with E-state index in [2.05, 4.69) is 5.32 Å². The van der Waals surface area contributed by atoms with E-state index in [1.165, 1.54) is 0 Å². The fraction of sp³-hybridized carbons (Fsp3) is 0.200. The van der Waals surface area contributed by atoms with Crippen LogP contribution in [0.4, 0.5) is 18.9 Å². The summed E-state index contributed by atoms with van der Waals surface area (Å²) in [7, 11) is 0. The molecule has 0 saturated heterocycles. The molecule has 1 aliphatic heterocycles. The Morgan fingerprint density at radius 1 is 1.00 bits per heavy atom. The lowest BCUT2D eigenvalue weighted by Gasteiger charge is -2.21. The van der Waals surface area contributed by atoms with E-state index < -0.39 is 17.5 Å². The first kappa shape index (κ1) is 13.6. The summed E-state index contributed by atoms with van der Waals surface area (Å²) in [6.45, 7) is 1.01. The van der Waals surface area contributed by atoms with E-state index in [9.17, 15) is 13.2 Å². The van der Waals surface area contributed by atoms with Crippen LogP contribution in [0.1, 0.15) is 5.56 Å². The lowest BCUT2D eigenvalue weighted by molar-refractivity contribution is 0.170. The summed E-state index contributed by atoms with van der Waals surface area (Å²) < 4.78 is 50.9. The molecule has 0 bridgehead atoms. The maximum Gasteiger partial charge on any atom is 0.166 e. The highest BCUT2D eigenvalue weighted by Crippen LogP contribution is 2.34. The lowest BCUT2D eigenvalue weighted by atomic mass is 10.1. The second-order valence-corrected chi connectivity index (χ2v) is 4.54. The maximum atomic E-state index is 13.6. The number of anilines is 1. The molecule has 0 radical (unpaired) electrons. The zero-order chi connectivity index (χ0) is 14.8. The van der Waals surface area contributed by atoms with Crippen LogP contribution in [0.3, 0.4) is 0 Å². The molecule has 0 atom stereocenters. The number of hydrogen-bond acceptors (Lipinski definition) is 3. The van der Waals surface area contributed by atoms with E-state index in [0.29, 0.717) is 42.4 Å². The third kappa shape index (κ3) is 2.74. The Balaban J connectivity index is 1.83. The normalized spacial score (nSPS) is 13.1. The molecule has 110 valence electrons. The molecule has 2 aromatic rings. The van der Waals surface area contributed by atoms with Gasteiger partial charge in [-0.1, -0.05) is 12.1 Å². The Morgan fingerprint density at radius 3 is 2.48 bits per heavy atom. The molecule has 0 fully saturated rings. The van der Waals surface area contributed by atoms with Gasteiger partial charge < -0.3 is 14.8 Å². The van der Waals surface area contributed by atoms with Crippen molar-refractivity contribution in [3.05, 3.63) is 53.3 Å². The quantitative estimate of drug-likeness (QED) is 0.940. The van der Waals surface area contributed by atoms with Crippen LogP contribution in [-0.2, 0) is 6.54 Å². The molecular formula is C15H12F3NO2. The Labute approximate surface area is 119 Å². The van der Waals surface area contributed by atoms with Crippen molar-refractivity contribution in [2.75, 3.05) is 18.5 Å². The molecule has 6 heteroatoms. The molecule has 3 nitrogen and oxygen atoms in total. The highest BCUT2D eigenvalue weighted by atomic mass is 19.1. The third-order valence-electron chi connectivity index (χ3n) is 3.11. The molecule has 3 rings (SSSR count). The molecule has 2 aromatic carbocycles. The van der Waals surface area contributed by atoms with Crippen molar-refractivity contribution in [3.8, 4) is 11.5 Å². The fourth-order valence-electron chi connectivity index (χ4n) is 2.17. The first-order chi connectivity index (χ1) is 10.1. The summed E-state index contributed by atoms with van der Waals surface area (Å²) >= 11 is 0. The Morgan fingerprint density at radius 2 is 1.71 bits per heavy atom. The monoisotopic (exact) mass is 295 g/mol. The van der Waals surface area contributed by atoms with Crippen LogP contribution in [-0.4, -0.2) is 13.2 Å². The molecule has 21 heavy (non-hydrogen) atoms. The van der Waals surface area contributed by atoms with Crippen LogP contribution in [0, 0.1) is 17.5 Å². The largest absolute Gasteiger partial charge is 0.486 e. The Hall–Kier alpha value is -2.37. The minimum Gasteiger partial charge on any atom is -0.486 e. The lowest BCUT2D eigenvalue weighted by Crippen LogP contribution is -2.17. The van der Waals surface area contributed by atoms with Crippen LogP contribution in [0.15, 0.2) is 30.3 Å². The molecule has 0 aliphatic carbocycles. The van der Waals surface area contributed by atoms with Gasteiger partial charge in [-0.2, -0.15) is 0 Å². The molecule has 0 aromatic heterocycles. The SMILES string of the molecule is Fc1cc(F)c(NCc2cccc3c2OCCO3)c(F)c1. The van der Waals surface area contributed by atoms with Crippen LogP contribution in [0.5, 0.6) is 11.5 Å². The minimum atomic E-state index is -0.977. The highest BCUT2D eigenvalue weighted by Gasteiger charge is 2.17. The Kier molecular flexibility index (Phi) is 3.60. The van der Waals surface area contributed by atoms with Gasteiger partial charge in [0.15, 0.2) is 23.1 Å². The van der Waals surface area contributed by atoms with Crippen LogP contribution < -0.4 is 14.8 Å². The van der Waals surface area contributed by atoms with Crippen molar-refractivity contribution < 1.29 is 22.6 Å². The summed E-state index contributed by atoms with van der Waals surface area (Å²) in [5.74, 6) is -1.76. The van der Waals surface area contributed by atoms with E-state index in [0.717, 1.165) is 0 Å². The molecular weight excluding hydrogens is 283 g/mol. The van der Waals surface area contributed by atoms with Gasteiger partial charge in [0.1, 0.15) is 24.7 Å². The van der Waals surface area contributed by atoms with Crippen LogP contribution >= 0.6 is 0 Å². The smallest absolute Gasteiger partial charge is 0.166 e. The van der Waals surface area contributed by atoms with E-state index >= 15 is 0 Å². The van der Waals surface area contributed by atoms with Crippen molar-refractivity contribution in [2.45, 2.75) is 6.54 Å². The van der Waals surface area contributed by atoms with Gasteiger partial charge in [-0.3, -0.25) is 0 Å². The second kappa shape index (κ2) is 5.55. The summed E-state index contributed by atoms with van der Waals surface area (Å²) in [6.07, 6.45) is 0. The molecule has 0 spiro atoms. The third-order valence-corrected chi connectivity index (χ3v) is 3.11. The number of hydrogen-bond donors (Lipinski definition) is 1. The first-order valence-electron chi connectivity index (χ1n) is 6.41. The van der Waals surface area contributed by atoms with Crippen molar-refractivity contribution >= 4 is 5.69 Å². The van der Waals surface area contributed by atoms with Gasteiger partial charge in [-0.25, -0.2) is 13.2 Å². The second-order valence-electron chi connectivity index (χ2n) is 4.54. The summed E-state index contributed by atoms with van der Waals surface area (Å²) in [6, 6.07) is 6.55. The number of fused-ring (bicyclic) bond motifs is 1. The molecule has 1 heterocycles. The van der Waals surface area contributed by atoms with Gasteiger partial charge in [0.05, 0.1) is 0 Å². The van der Waals surface area contributed by atoms with Gasteiger partial charge >= 0.3 is 0 Å². The van der Waals surface area contributed by atoms with Gasteiger partial charge in [-0.05, 0) is 6.07 Å². The number of nitrogens with one attached hydrogen (secondary N) is 1. The average molecular weight is 295 g/mol. The molecule has 1 N–H and O–H groups in total. The zero-order valence-corrected chi connectivity index (χ0v) is 11.0. The standard InChI is InChI=1S/C15H12F3NO2/c16-10-6-11(17)14(12(18)7-10)19-8-9-2-1-3-13-15(9)21-5-4-20-13/h1-3,6-7,19H,4-5,8H2. The van der Waals surface area contributed by atoms with Gasteiger partial charge in [0, 0.05) is 24.2 Å². The topological polar surface area (TPSA) is 30.5 Å². The van der Waals surface area contributed by atoms with E-state index in [1.54, 1.807) is 18.2 Å². The predicted octanol–water partition coefficient (Wildman–Crippen LogP) is 3.49. The first-order valence-corrected chi connectivity index (χ1v) is 6.41. The van der Waals surface area contributed by atoms with Crippen molar-refractivity contribution in [1.82, 2.24) is 0 Å². The van der Waals surface area contributed by atoms with Crippen molar-refractivity contribution in [3.63, 3.8) is 0 Å². The van der Waals surface area contributed by atoms with Crippen molar-refractivity contribution in [2.24, 2.45) is 0 Å². The number of rotatable bonds is 3. The van der Waals surface area contributed by atoms with Crippen molar-refractivity contribution in [1.29, 1.82) is 0 Å². The van der Waals surface area contributed by atoms with E-state index in [4.69, 9.17) is 9.47 Å². The minimum absolute atomic E-state index is 0.131. The number of benzene rings is 2. The highest BCUT2D eigenvalue weighted by molar-refractivity contribution is 5.51. The molecule has 0 amide bonds. The number of halogens is 3. The van der Waals surface area contributed by atoms with Gasteiger partial charge in [0.2, 0.25) is 0 Å². The van der Waals surface area contributed by atoms with Crippen LogP contribution in [0.25, 0.3) is 0 Å². The average Bonchev–Trinajstić information content (AvgIpc) is 2.46. The summed E-state index contributed by atoms with van der Waals surface area (Å²) in [4.78, 5) is 0. The van der Waals surface area contributed by atoms with Gasteiger partial charge in [0.25, 0.3) is 0 Å². The summed E-state index contributed by atoms with van der Waals surface area (Å²) in [5, 5.41) is 2.62. The molecule has 0 unspecified atom stereocenters. The maximum absolute atomic E-state index is 13.6. The Bertz CT molecular complexity index is 653.